The first-order valence-electron chi connectivity index (χ1n) is 6.52. The van der Waals surface area contributed by atoms with Gasteiger partial charge in [0.2, 0.25) is 0 Å². The molecule has 0 amide bonds. The number of benzene rings is 2. The van der Waals surface area contributed by atoms with E-state index >= 15 is 0 Å². The van der Waals surface area contributed by atoms with Crippen molar-refractivity contribution in [2.75, 3.05) is 0 Å². The molecule has 0 bridgehead atoms. The van der Waals surface area contributed by atoms with Crippen LogP contribution in [0.5, 0.6) is 0 Å². The summed E-state index contributed by atoms with van der Waals surface area (Å²) in [6.45, 7) is 0. The van der Waals surface area contributed by atoms with Gasteiger partial charge in [0.25, 0.3) is 5.89 Å². The van der Waals surface area contributed by atoms with Crippen LogP contribution in [-0.2, 0) is 6.42 Å². The van der Waals surface area contributed by atoms with Crippen molar-refractivity contribution in [2.45, 2.75) is 6.42 Å². The van der Waals surface area contributed by atoms with Gasteiger partial charge in [-0.2, -0.15) is 4.98 Å². The zero-order chi connectivity index (χ0) is 15.5. The van der Waals surface area contributed by atoms with Gasteiger partial charge in [0, 0.05) is 12.0 Å². The van der Waals surface area contributed by atoms with Crippen LogP contribution in [0.1, 0.15) is 21.7 Å². The number of aromatic carboxylic acids is 1. The summed E-state index contributed by atoms with van der Waals surface area (Å²) in [5, 5.41) is 12.8. The molecule has 0 fully saturated rings. The summed E-state index contributed by atoms with van der Waals surface area (Å²) in [5.41, 5.74) is 1.60. The van der Waals surface area contributed by atoms with Crippen molar-refractivity contribution in [3.63, 3.8) is 0 Å². The van der Waals surface area contributed by atoms with Crippen molar-refractivity contribution in [3.8, 4) is 11.5 Å². The van der Waals surface area contributed by atoms with Gasteiger partial charge in [-0.1, -0.05) is 17.3 Å². The molecule has 5 nitrogen and oxygen atoms in total. The summed E-state index contributed by atoms with van der Waals surface area (Å²) < 4.78 is 18.0. The molecule has 0 radical (unpaired) electrons. The molecule has 110 valence electrons. The van der Waals surface area contributed by atoms with Gasteiger partial charge in [-0.05, 0) is 42.0 Å². The lowest BCUT2D eigenvalue weighted by atomic mass is 10.1. The molecule has 0 saturated carbocycles. The number of rotatable bonds is 4. The van der Waals surface area contributed by atoms with E-state index in [2.05, 4.69) is 10.1 Å². The molecule has 3 aromatic rings. The molecule has 1 heterocycles. The first-order chi connectivity index (χ1) is 10.6. The minimum Gasteiger partial charge on any atom is -0.478 e. The minimum atomic E-state index is -0.984. The van der Waals surface area contributed by atoms with E-state index in [1.54, 1.807) is 30.3 Å². The van der Waals surface area contributed by atoms with Crippen LogP contribution in [0.4, 0.5) is 4.39 Å². The Hall–Kier alpha value is -3.02. The smallest absolute Gasteiger partial charge is 0.335 e. The molecule has 6 heteroatoms. The Morgan fingerprint density at radius 3 is 2.68 bits per heavy atom. The third-order valence-corrected chi connectivity index (χ3v) is 3.10. The van der Waals surface area contributed by atoms with Crippen molar-refractivity contribution in [1.29, 1.82) is 0 Å². The largest absolute Gasteiger partial charge is 0.478 e. The fraction of sp³-hybridized carbons (Fsp3) is 0.0625. The van der Waals surface area contributed by atoms with E-state index < -0.39 is 5.97 Å². The van der Waals surface area contributed by atoms with E-state index in [4.69, 9.17) is 9.63 Å². The van der Waals surface area contributed by atoms with E-state index in [9.17, 15) is 9.18 Å². The lowest BCUT2D eigenvalue weighted by Crippen LogP contribution is -1.98. The van der Waals surface area contributed by atoms with Crippen molar-refractivity contribution in [1.82, 2.24) is 10.1 Å². The van der Waals surface area contributed by atoms with Gasteiger partial charge in [-0.15, -0.1) is 0 Å². The third kappa shape index (κ3) is 3.01. The summed E-state index contributed by atoms with van der Waals surface area (Å²) in [5.74, 6) is -0.595. The number of carboxylic acid groups (broad SMARTS) is 1. The van der Waals surface area contributed by atoms with E-state index in [1.807, 2.05) is 0 Å². The Kier molecular flexibility index (Phi) is 3.65. The van der Waals surface area contributed by atoms with Crippen molar-refractivity contribution in [2.24, 2.45) is 0 Å². The Morgan fingerprint density at radius 1 is 1.18 bits per heavy atom. The van der Waals surface area contributed by atoms with Gasteiger partial charge >= 0.3 is 5.97 Å². The van der Waals surface area contributed by atoms with Crippen LogP contribution in [-0.4, -0.2) is 21.2 Å². The SMILES string of the molecule is O=C(O)c1cccc(Cc2noc(-c3ccc(F)cc3)n2)c1. The highest BCUT2D eigenvalue weighted by atomic mass is 19.1. The molecule has 3 rings (SSSR count). The predicted molar refractivity (Wildman–Crippen MR) is 75.9 cm³/mol. The molecule has 1 N–H and O–H groups in total. The fourth-order valence-corrected chi connectivity index (χ4v) is 2.03. The van der Waals surface area contributed by atoms with E-state index in [1.165, 1.54) is 18.2 Å². The second-order valence-corrected chi connectivity index (χ2v) is 4.70. The summed E-state index contributed by atoms with van der Waals surface area (Å²) in [6, 6.07) is 12.3. The number of halogens is 1. The van der Waals surface area contributed by atoms with Crippen LogP contribution >= 0.6 is 0 Å². The molecule has 0 aliphatic heterocycles. The lowest BCUT2D eigenvalue weighted by Gasteiger charge is -1.99. The Bertz CT molecular complexity index is 812. The van der Waals surface area contributed by atoms with E-state index in [0.717, 1.165) is 5.56 Å². The molecule has 0 saturated heterocycles. The van der Waals surface area contributed by atoms with Crippen LogP contribution < -0.4 is 0 Å². The molecule has 2 aromatic carbocycles. The molecular formula is C16H11FN2O3. The molecular weight excluding hydrogens is 287 g/mol. The molecule has 0 spiro atoms. The normalized spacial score (nSPS) is 10.6. The van der Waals surface area contributed by atoms with Gasteiger partial charge in [0.05, 0.1) is 5.56 Å². The van der Waals surface area contributed by atoms with Gasteiger partial charge in [-0.25, -0.2) is 9.18 Å². The monoisotopic (exact) mass is 298 g/mol. The number of nitrogens with zero attached hydrogens (tertiary/aromatic N) is 2. The summed E-state index contributed by atoms with van der Waals surface area (Å²) in [4.78, 5) is 15.2. The number of hydrogen-bond donors (Lipinski definition) is 1. The number of hydrogen-bond acceptors (Lipinski definition) is 4. The number of aromatic nitrogens is 2. The highest BCUT2D eigenvalue weighted by Crippen LogP contribution is 2.18. The summed E-state index contributed by atoms with van der Waals surface area (Å²) in [7, 11) is 0. The predicted octanol–water partition coefficient (Wildman–Crippen LogP) is 3.16. The summed E-state index contributed by atoms with van der Waals surface area (Å²) in [6.07, 6.45) is 0.353. The maximum atomic E-state index is 12.9. The third-order valence-electron chi connectivity index (χ3n) is 3.10. The molecule has 1 aromatic heterocycles. The van der Waals surface area contributed by atoms with Gasteiger partial charge < -0.3 is 9.63 Å². The Labute approximate surface area is 125 Å². The first kappa shape index (κ1) is 13.9. The van der Waals surface area contributed by atoms with Crippen LogP contribution in [0.3, 0.4) is 0 Å². The zero-order valence-electron chi connectivity index (χ0n) is 11.4. The van der Waals surface area contributed by atoms with Crippen molar-refractivity contribution in [3.05, 3.63) is 71.3 Å². The zero-order valence-corrected chi connectivity index (χ0v) is 11.4. The summed E-state index contributed by atoms with van der Waals surface area (Å²) >= 11 is 0. The Balaban J connectivity index is 1.81. The molecule has 22 heavy (non-hydrogen) atoms. The maximum absolute atomic E-state index is 12.9. The number of carbonyl (C=O) groups is 1. The van der Waals surface area contributed by atoms with Crippen LogP contribution in [0.15, 0.2) is 53.1 Å². The quantitative estimate of drug-likeness (QED) is 0.800. The average Bonchev–Trinajstić information content (AvgIpc) is 2.96. The van der Waals surface area contributed by atoms with Crippen LogP contribution in [0, 0.1) is 5.82 Å². The highest BCUT2D eigenvalue weighted by molar-refractivity contribution is 5.87. The molecule has 0 atom stereocenters. The van der Waals surface area contributed by atoms with Crippen molar-refractivity contribution >= 4 is 5.97 Å². The maximum Gasteiger partial charge on any atom is 0.335 e. The topological polar surface area (TPSA) is 76.2 Å². The van der Waals surface area contributed by atoms with Crippen LogP contribution in [0.2, 0.25) is 0 Å². The molecule has 0 aliphatic rings. The highest BCUT2D eigenvalue weighted by Gasteiger charge is 2.10. The second-order valence-electron chi connectivity index (χ2n) is 4.70. The number of carboxylic acids is 1. The van der Waals surface area contributed by atoms with Crippen LogP contribution in [0.25, 0.3) is 11.5 Å². The fourth-order valence-electron chi connectivity index (χ4n) is 2.03. The van der Waals surface area contributed by atoms with Gasteiger partial charge in [0.1, 0.15) is 5.82 Å². The second kappa shape index (κ2) is 5.77. The average molecular weight is 298 g/mol. The van der Waals surface area contributed by atoms with E-state index in [0.29, 0.717) is 23.7 Å². The van der Waals surface area contributed by atoms with E-state index in [-0.39, 0.29) is 11.4 Å². The minimum absolute atomic E-state index is 0.208. The molecule has 0 aliphatic carbocycles. The Morgan fingerprint density at radius 2 is 1.95 bits per heavy atom. The standard InChI is InChI=1S/C16H11FN2O3/c17-13-6-4-11(5-7-13)15-18-14(19-22-15)9-10-2-1-3-12(8-10)16(20)21/h1-8H,9H2,(H,20,21). The molecule has 0 unspecified atom stereocenters. The van der Waals surface area contributed by atoms with Crippen molar-refractivity contribution < 1.29 is 18.8 Å². The lowest BCUT2D eigenvalue weighted by molar-refractivity contribution is 0.0696. The van der Waals surface area contributed by atoms with Gasteiger partial charge in [-0.3, -0.25) is 0 Å². The first-order valence-corrected chi connectivity index (χ1v) is 6.52. The van der Waals surface area contributed by atoms with Gasteiger partial charge in [0.15, 0.2) is 5.82 Å².